The summed E-state index contributed by atoms with van der Waals surface area (Å²) in [6, 6.07) is 1.18. The summed E-state index contributed by atoms with van der Waals surface area (Å²) in [5.74, 6) is 1.70. The van der Waals surface area contributed by atoms with Crippen molar-refractivity contribution in [3.8, 4) is 0 Å². The molecule has 3 aliphatic rings. The van der Waals surface area contributed by atoms with E-state index in [2.05, 4.69) is 17.1 Å². The molecule has 17 heavy (non-hydrogen) atoms. The molecular formula is C14H24N2O. The van der Waals surface area contributed by atoms with Crippen molar-refractivity contribution in [2.24, 2.45) is 11.8 Å². The molecule has 1 heterocycles. The summed E-state index contributed by atoms with van der Waals surface area (Å²) >= 11 is 0. The summed E-state index contributed by atoms with van der Waals surface area (Å²) in [6.45, 7) is 3.19. The van der Waals surface area contributed by atoms with Gasteiger partial charge in [-0.15, -0.1) is 0 Å². The van der Waals surface area contributed by atoms with Gasteiger partial charge in [-0.3, -0.25) is 0 Å². The highest BCUT2D eigenvalue weighted by molar-refractivity contribution is 5.75. The lowest BCUT2D eigenvalue weighted by Crippen LogP contribution is -2.47. The second-order valence-corrected chi connectivity index (χ2v) is 6.22. The molecule has 0 aromatic carbocycles. The smallest absolute Gasteiger partial charge is 0.317 e. The van der Waals surface area contributed by atoms with E-state index in [0.717, 1.165) is 24.8 Å². The van der Waals surface area contributed by atoms with Crippen LogP contribution in [-0.4, -0.2) is 29.6 Å². The van der Waals surface area contributed by atoms with Crippen LogP contribution in [0.3, 0.4) is 0 Å². The number of nitrogens with zero attached hydrogens (tertiary/aromatic N) is 1. The van der Waals surface area contributed by atoms with Gasteiger partial charge in [0.2, 0.25) is 0 Å². The molecule has 2 amide bonds. The van der Waals surface area contributed by atoms with Gasteiger partial charge in [-0.25, -0.2) is 4.79 Å². The van der Waals surface area contributed by atoms with E-state index in [9.17, 15) is 4.79 Å². The van der Waals surface area contributed by atoms with Crippen LogP contribution in [0.5, 0.6) is 0 Å². The van der Waals surface area contributed by atoms with Crippen LogP contribution in [0.1, 0.15) is 51.9 Å². The minimum atomic E-state index is 0.213. The van der Waals surface area contributed by atoms with Gasteiger partial charge >= 0.3 is 6.03 Å². The van der Waals surface area contributed by atoms with Crippen molar-refractivity contribution >= 4 is 6.03 Å². The number of piperidine rings is 1. The molecule has 2 bridgehead atoms. The van der Waals surface area contributed by atoms with Crippen LogP contribution in [0.25, 0.3) is 0 Å². The van der Waals surface area contributed by atoms with Gasteiger partial charge in [-0.1, -0.05) is 19.8 Å². The highest BCUT2D eigenvalue weighted by Gasteiger charge is 2.40. The Bertz CT molecular complexity index is 301. The molecule has 1 N–H and O–H groups in total. The molecule has 3 unspecified atom stereocenters. The van der Waals surface area contributed by atoms with E-state index < -0.39 is 0 Å². The second-order valence-electron chi connectivity index (χ2n) is 6.22. The van der Waals surface area contributed by atoms with E-state index in [0.29, 0.717) is 12.1 Å². The Hall–Kier alpha value is -0.730. The van der Waals surface area contributed by atoms with E-state index >= 15 is 0 Å². The van der Waals surface area contributed by atoms with Crippen LogP contribution in [0.2, 0.25) is 0 Å². The Balaban J connectivity index is 1.51. The molecule has 0 spiro atoms. The maximum absolute atomic E-state index is 12.2. The molecule has 2 saturated carbocycles. The number of carbonyl (C=O) groups excluding carboxylic acids is 1. The first-order valence-electron chi connectivity index (χ1n) is 7.33. The number of amides is 2. The predicted molar refractivity (Wildman–Crippen MR) is 67.8 cm³/mol. The van der Waals surface area contributed by atoms with Gasteiger partial charge < -0.3 is 10.2 Å². The number of rotatable bonds is 4. The molecule has 0 aromatic rings. The first-order valence-corrected chi connectivity index (χ1v) is 7.33. The maximum Gasteiger partial charge on any atom is 0.317 e. The van der Waals surface area contributed by atoms with E-state index in [-0.39, 0.29) is 6.03 Å². The molecule has 0 aromatic heterocycles. The van der Waals surface area contributed by atoms with Crippen LogP contribution in [0.15, 0.2) is 0 Å². The van der Waals surface area contributed by atoms with Crippen molar-refractivity contribution in [1.29, 1.82) is 0 Å². The molecule has 3 nitrogen and oxygen atoms in total. The number of nitrogens with one attached hydrogen (secondary N) is 1. The molecular weight excluding hydrogens is 212 g/mol. The van der Waals surface area contributed by atoms with E-state index in [1.165, 1.54) is 38.5 Å². The molecule has 2 aliphatic carbocycles. The molecule has 1 saturated heterocycles. The van der Waals surface area contributed by atoms with Crippen molar-refractivity contribution < 1.29 is 4.79 Å². The molecule has 3 heteroatoms. The average Bonchev–Trinajstić information content (AvgIpc) is 2.90. The van der Waals surface area contributed by atoms with Gasteiger partial charge in [0.25, 0.3) is 0 Å². The summed E-state index contributed by atoms with van der Waals surface area (Å²) < 4.78 is 0. The van der Waals surface area contributed by atoms with Gasteiger partial charge in [-0.05, 0) is 43.9 Å². The van der Waals surface area contributed by atoms with Gasteiger partial charge in [0.15, 0.2) is 0 Å². The van der Waals surface area contributed by atoms with E-state index in [4.69, 9.17) is 0 Å². The third kappa shape index (κ3) is 2.43. The summed E-state index contributed by atoms with van der Waals surface area (Å²) in [4.78, 5) is 14.3. The highest BCUT2D eigenvalue weighted by atomic mass is 16.2. The molecule has 3 fully saturated rings. The molecule has 1 aliphatic heterocycles. The summed E-state index contributed by atoms with van der Waals surface area (Å²) in [7, 11) is 0. The average molecular weight is 236 g/mol. The largest absolute Gasteiger partial charge is 0.335 e. The molecule has 96 valence electrons. The Morgan fingerprint density at radius 3 is 2.71 bits per heavy atom. The molecule has 3 atom stereocenters. The standard InChI is InChI=1S/C14H24N2O/c1-2-12(7-10-3-4-10)15-14(17)16-9-11-5-6-13(16)8-11/h10-13H,2-9H2,1H3,(H,15,17). The van der Waals surface area contributed by atoms with Gasteiger partial charge in [-0.2, -0.15) is 0 Å². The third-order valence-electron chi connectivity index (χ3n) is 4.81. The zero-order valence-corrected chi connectivity index (χ0v) is 10.8. The fourth-order valence-electron chi connectivity index (χ4n) is 3.51. The van der Waals surface area contributed by atoms with Crippen molar-refractivity contribution in [1.82, 2.24) is 10.2 Å². The topological polar surface area (TPSA) is 32.3 Å². The Morgan fingerprint density at radius 2 is 2.18 bits per heavy atom. The van der Waals surface area contributed by atoms with Crippen molar-refractivity contribution in [3.05, 3.63) is 0 Å². The first-order chi connectivity index (χ1) is 8.26. The number of likely N-dealkylation sites (tertiary alicyclic amines) is 1. The zero-order valence-electron chi connectivity index (χ0n) is 10.8. The SMILES string of the molecule is CCC(CC1CC1)NC(=O)N1CC2CCC1C2. The Morgan fingerprint density at radius 1 is 1.35 bits per heavy atom. The normalized spacial score (nSPS) is 32.9. The van der Waals surface area contributed by atoms with Crippen LogP contribution in [0.4, 0.5) is 4.79 Å². The van der Waals surface area contributed by atoms with Crippen molar-refractivity contribution in [2.75, 3.05) is 6.54 Å². The fraction of sp³-hybridized carbons (Fsp3) is 0.929. The maximum atomic E-state index is 12.2. The number of hydrogen-bond donors (Lipinski definition) is 1. The predicted octanol–water partition coefficient (Wildman–Crippen LogP) is 2.76. The number of urea groups is 1. The minimum absolute atomic E-state index is 0.213. The Kier molecular flexibility index (Phi) is 3.01. The van der Waals surface area contributed by atoms with Crippen LogP contribution >= 0.6 is 0 Å². The van der Waals surface area contributed by atoms with Crippen LogP contribution in [0, 0.1) is 11.8 Å². The lowest BCUT2D eigenvalue weighted by molar-refractivity contribution is 0.175. The number of carbonyl (C=O) groups is 1. The van der Waals surface area contributed by atoms with E-state index in [1.807, 2.05) is 0 Å². The number of fused-ring (bicyclic) bond motifs is 2. The summed E-state index contributed by atoms with van der Waals surface area (Å²) in [5.41, 5.74) is 0. The van der Waals surface area contributed by atoms with Gasteiger partial charge in [0.1, 0.15) is 0 Å². The van der Waals surface area contributed by atoms with E-state index in [1.54, 1.807) is 0 Å². The van der Waals surface area contributed by atoms with Crippen molar-refractivity contribution in [2.45, 2.75) is 64.0 Å². The van der Waals surface area contributed by atoms with Crippen LogP contribution in [-0.2, 0) is 0 Å². The fourth-order valence-corrected chi connectivity index (χ4v) is 3.51. The molecule has 3 rings (SSSR count). The van der Waals surface area contributed by atoms with Gasteiger partial charge in [0, 0.05) is 18.6 Å². The third-order valence-corrected chi connectivity index (χ3v) is 4.81. The van der Waals surface area contributed by atoms with Gasteiger partial charge in [0.05, 0.1) is 0 Å². The molecule has 0 radical (unpaired) electrons. The first kappa shape index (κ1) is 11.4. The lowest BCUT2D eigenvalue weighted by atomic mass is 10.1. The number of hydrogen-bond acceptors (Lipinski definition) is 1. The monoisotopic (exact) mass is 236 g/mol. The second kappa shape index (κ2) is 4.51. The van der Waals surface area contributed by atoms with Crippen LogP contribution < -0.4 is 5.32 Å². The zero-order chi connectivity index (χ0) is 11.8. The minimum Gasteiger partial charge on any atom is -0.335 e. The lowest BCUT2D eigenvalue weighted by Gasteiger charge is -2.29. The highest BCUT2D eigenvalue weighted by Crippen LogP contribution is 2.37. The van der Waals surface area contributed by atoms with Crippen molar-refractivity contribution in [3.63, 3.8) is 0 Å². The Labute approximate surface area is 104 Å². The summed E-state index contributed by atoms with van der Waals surface area (Å²) in [5, 5.41) is 3.25. The quantitative estimate of drug-likeness (QED) is 0.799. The summed E-state index contributed by atoms with van der Waals surface area (Å²) in [6.07, 6.45) is 8.86.